The fraction of sp³-hybridized carbons (Fsp3) is 0.429. The highest BCUT2D eigenvalue weighted by Crippen LogP contribution is 2.33. The van der Waals surface area contributed by atoms with Crippen molar-refractivity contribution in [3.05, 3.63) is 57.1 Å². The second-order valence-corrected chi connectivity index (χ2v) is 9.94. The predicted molar refractivity (Wildman–Crippen MR) is 125 cm³/mol. The van der Waals surface area contributed by atoms with E-state index in [-0.39, 0.29) is 17.2 Å². The number of piperazine rings is 1. The monoisotopic (exact) mass is 482 g/mol. The summed E-state index contributed by atoms with van der Waals surface area (Å²) in [4.78, 5) is 15.2. The van der Waals surface area contributed by atoms with Gasteiger partial charge >= 0.3 is 0 Å². The summed E-state index contributed by atoms with van der Waals surface area (Å²) < 4.78 is 32.7. The number of nitro groups is 1. The van der Waals surface area contributed by atoms with E-state index < -0.39 is 21.0 Å². The summed E-state index contributed by atoms with van der Waals surface area (Å²) in [6, 6.07) is 9.30. The molecule has 0 amide bonds. The van der Waals surface area contributed by atoms with Gasteiger partial charge < -0.3 is 14.5 Å². The molecule has 11 heteroatoms. The lowest BCUT2D eigenvalue weighted by molar-refractivity contribution is -0.384. The molecular weight excluding hydrogens is 456 g/mol. The van der Waals surface area contributed by atoms with Crippen LogP contribution in [0.3, 0.4) is 0 Å². The van der Waals surface area contributed by atoms with Crippen molar-refractivity contribution in [3.63, 3.8) is 0 Å². The first-order valence-corrected chi connectivity index (χ1v) is 12.0. The SMILES string of the molecule is COC[C@@H](C)NS(=O)(=O)c1ccc(N2CCN(c3cc(Cl)ccc3C)CC2)c([N+](=O)[O-])c1. The largest absolute Gasteiger partial charge is 0.383 e. The van der Waals surface area contributed by atoms with Crippen LogP contribution in [-0.4, -0.2) is 59.3 Å². The van der Waals surface area contributed by atoms with Crippen molar-refractivity contribution < 1.29 is 18.1 Å². The maximum atomic E-state index is 12.6. The highest BCUT2D eigenvalue weighted by Gasteiger charge is 2.27. The Labute approximate surface area is 193 Å². The second kappa shape index (κ2) is 10.0. The number of benzene rings is 2. The number of nitrogens with one attached hydrogen (secondary N) is 1. The fourth-order valence-electron chi connectivity index (χ4n) is 3.81. The first-order chi connectivity index (χ1) is 15.1. The summed E-state index contributed by atoms with van der Waals surface area (Å²) in [6.07, 6.45) is 0. The lowest BCUT2D eigenvalue weighted by Gasteiger charge is -2.37. The van der Waals surface area contributed by atoms with Gasteiger partial charge in [0.05, 0.1) is 16.4 Å². The molecule has 3 rings (SSSR count). The van der Waals surface area contributed by atoms with Crippen LogP contribution in [0.15, 0.2) is 41.3 Å². The molecule has 0 aromatic heterocycles. The highest BCUT2D eigenvalue weighted by atomic mass is 35.5. The predicted octanol–water partition coefficient (Wildman–Crippen LogP) is 3.20. The number of ether oxygens (including phenoxy) is 1. The van der Waals surface area contributed by atoms with Crippen molar-refractivity contribution in [1.29, 1.82) is 0 Å². The summed E-state index contributed by atoms with van der Waals surface area (Å²) in [5, 5.41) is 12.4. The maximum Gasteiger partial charge on any atom is 0.293 e. The van der Waals surface area contributed by atoms with Crippen molar-refractivity contribution >= 4 is 38.7 Å². The summed E-state index contributed by atoms with van der Waals surface area (Å²) >= 11 is 6.14. The van der Waals surface area contributed by atoms with Crippen LogP contribution in [0.25, 0.3) is 0 Å². The number of nitrogens with zero attached hydrogens (tertiary/aromatic N) is 3. The zero-order valence-electron chi connectivity index (χ0n) is 18.2. The molecule has 1 atom stereocenters. The minimum absolute atomic E-state index is 0.149. The second-order valence-electron chi connectivity index (χ2n) is 7.79. The Morgan fingerprint density at radius 1 is 1.12 bits per heavy atom. The molecule has 9 nitrogen and oxygen atoms in total. The number of aryl methyl sites for hydroxylation is 1. The maximum absolute atomic E-state index is 12.6. The number of hydrogen-bond donors (Lipinski definition) is 1. The molecule has 1 aliphatic rings. The van der Waals surface area contributed by atoms with E-state index in [1.807, 2.05) is 30.0 Å². The van der Waals surface area contributed by atoms with Gasteiger partial charge in [-0.05, 0) is 43.7 Å². The molecule has 0 spiro atoms. The van der Waals surface area contributed by atoms with Crippen molar-refractivity contribution in [2.45, 2.75) is 24.8 Å². The number of hydrogen-bond acceptors (Lipinski definition) is 7. The molecule has 2 aromatic carbocycles. The Balaban J connectivity index is 1.80. The van der Waals surface area contributed by atoms with E-state index in [0.717, 1.165) is 17.3 Å². The Bertz CT molecular complexity index is 1090. The van der Waals surface area contributed by atoms with E-state index in [0.29, 0.717) is 36.9 Å². The molecule has 1 N–H and O–H groups in total. The number of sulfonamides is 1. The van der Waals surface area contributed by atoms with Crippen LogP contribution in [0.2, 0.25) is 5.02 Å². The smallest absolute Gasteiger partial charge is 0.293 e. The number of nitro benzene ring substituents is 1. The third-order valence-electron chi connectivity index (χ3n) is 5.36. The van der Waals surface area contributed by atoms with Gasteiger partial charge in [0.15, 0.2) is 0 Å². The van der Waals surface area contributed by atoms with Crippen LogP contribution in [-0.2, 0) is 14.8 Å². The number of halogens is 1. The van der Waals surface area contributed by atoms with Gasteiger partial charge in [0.2, 0.25) is 10.0 Å². The van der Waals surface area contributed by atoms with Gasteiger partial charge in [0.25, 0.3) is 5.69 Å². The number of rotatable bonds is 8. The van der Waals surface area contributed by atoms with Gasteiger partial charge in [-0.3, -0.25) is 10.1 Å². The van der Waals surface area contributed by atoms with Gasteiger partial charge in [-0.2, -0.15) is 0 Å². The molecule has 2 aromatic rings. The molecule has 1 aliphatic heterocycles. The fourth-order valence-corrected chi connectivity index (χ4v) is 5.23. The van der Waals surface area contributed by atoms with Crippen LogP contribution in [0.1, 0.15) is 12.5 Å². The van der Waals surface area contributed by atoms with E-state index in [9.17, 15) is 18.5 Å². The molecule has 32 heavy (non-hydrogen) atoms. The average molecular weight is 483 g/mol. The molecule has 1 fully saturated rings. The zero-order valence-corrected chi connectivity index (χ0v) is 19.8. The molecule has 0 radical (unpaired) electrons. The minimum atomic E-state index is -3.91. The highest BCUT2D eigenvalue weighted by molar-refractivity contribution is 7.89. The van der Waals surface area contributed by atoms with E-state index in [4.69, 9.17) is 16.3 Å². The standard InChI is InChI=1S/C21H27ClN4O5S/c1-15-4-5-17(22)12-20(15)25-10-8-24(9-11-25)19-7-6-18(13-21(19)26(27)28)32(29,30)23-16(2)14-31-3/h4-7,12-13,16,23H,8-11,14H2,1-3H3/t16-/m1/s1. The van der Waals surface area contributed by atoms with Gasteiger partial charge in [0, 0.05) is 56.1 Å². The summed E-state index contributed by atoms with van der Waals surface area (Å²) in [6.45, 7) is 6.30. The van der Waals surface area contributed by atoms with Crippen molar-refractivity contribution in [3.8, 4) is 0 Å². The number of methoxy groups -OCH3 is 1. The Kier molecular flexibility index (Phi) is 7.60. The first-order valence-electron chi connectivity index (χ1n) is 10.2. The van der Waals surface area contributed by atoms with Crippen LogP contribution in [0, 0.1) is 17.0 Å². The quantitative estimate of drug-likeness (QED) is 0.455. The average Bonchev–Trinajstić information content (AvgIpc) is 2.75. The van der Waals surface area contributed by atoms with E-state index in [2.05, 4.69) is 9.62 Å². The van der Waals surface area contributed by atoms with Crippen molar-refractivity contribution in [2.24, 2.45) is 0 Å². The summed E-state index contributed by atoms with van der Waals surface area (Å²) in [5.74, 6) is 0. The van der Waals surface area contributed by atoms with Crippen LogP contribution in [0.5, 0.6) is 0 Å². The molecule has 174 valence electrons. The van der Waals surface area contributed by atoms with Gasteiger partial charge in [-0.15, -0.1) is 0 Å². The van der Waals surface area contributed by atoms with E-state index >= 15 is 0 Å². The van der Waals surface area contributed by atoms with E-state index in [1.165, 1.54) is 19.2 Å². The third-order valence-corrected chi connectivity index (χ3v) is 7.18. The van der Waals surface area contributed by atoms with Crippen LogP contribution in [0.4, 0.5) is 17.1 Å². The van der Waals surface area contributed by atoms with Gasteiger partial charge in [-0.25, -0.2) is 13.1 Å². The Hall–Kier alpha value is -2.40. The number of anilines is 2. The molecule has 0 aliphatic carbocycles. The lowest BCUT2D eigenvalue weighted by Crippen LogP contribution is -2.47. The van der Waals surface area contributed by atoms with E-state index in [1.54, 1.807) is 6.92 Å². The Morgan fingerprint density at radius 2 is 1.75 bits per heavy atom. The van der Waals surface area contributed by atoms with Crippen LogP contribution < -0.4 is 14.5 Å². The lowest BCUT2D eigenvalue weighted by atomic mass is 10.1. The van der Waals surface area contributed by atoms with Crippen LogP contribution >= 0.6 is 11.6 Å². The minimum Gasteiger partial charge on any atom is -0.383 e. The molecular formula is C21H27ClN4O5S. The van der Waals surface area contributed by atoms with Gasteiger partial charge in [-0.1, -0.05) is 17.7 Å². The van der Waals surface area contributed by atoms with Crippen molar-refractivity contribution in [1.82, 2.24) is 4.72 Å². The summed E-state index contributed by atoms with van der Waals surface area (Å²) in [7, 11) is -2.44. The molecule has 1 saturated heterocycles. The summed E-state index contributed by atoms with van der Waals surface area (Å²) in [5.41, 5.74) is 2.32. The van der Waals surface area contributed by atoms with Gasteiger partial charge in [0.1, 0.15) is 5.69 Å². The van der Waals surface area contributed by atoms with Crippen molar-refractivity contribution in [2.75, 3.05) is 49.7 Å². The molecule has 0 unspecified atom stereocenters. The normalized spacial score (nSPS) is 15.6. The third kappa shape index (κ3) is 5.50. The molecule has 0 saturated carbocycles. The topological polar surface area (TPSA) is 105 Å². The first kappa shape index (κ1) is 24.2. The Morgan fingerprint density at radius 3 is 2.34 bits per heavy atom. The molecule has 0 bridgehead atoms. The molecule has 1 heterocycles. The zero-order chi connectivity index (χ0) is 23.5.